The molecule has 5 N–H and O–H groups in total. The Kier molecular flexibility index (Phi) is 14.5. The van der Waals surface area contributed by atoms with Crippen LogP contribution in [0.3, 0.4) is 0 Å². The lowest BCUT2D eigenvalue weighted by molar-refractivity contribution is -0.134. The molecule has 0 rings (SSSR count). The van der Waals surface area contributed by atoms with Gasteiger partial charge in [-0.15, -0.1) is 0 Å². The molecule has 0 aromatic carbocycles. The molecule has 0 fully saturated rings. The highest BCUT2D eigenvalue weighted by atomic mass is 16.4. The van der Waals surface area contributed by atoms with E-state index in [4.69, 9.17) is 5.11 Å². The first-order valence-corrected chi connectivity index (χ1v) is 9.59. The van der Waals surface area contributed by atoms with Gasteiger partial charge < -0.3 is 30.4 Å². The number of allylic oxidation sites excluding steroid dienone is 1. The molecule has 0 radical (unpaired) electrons. The molecular formula is C19H37NO6. The Bertz CT molecular complexity index is 390. The lowest BCUT2D eigenvalue weighted by atomic mass is 10.0. The van der Waals surface area contributed by atoms with Crippen molar-refractivity contribution in [1.82, 2.24) is 4.90 Å². The number of hydrogen-bond acceptors (Lipinski definition) is 6. The molecule has 4 atom stereocenters. The van der Waals surface area contributed by atoms with Crippen molar-refractivity contribution in [3.8, 4) is 0 Å². The van der Waals surface area contributed by atoms with Crippen molar-refractivity contribution in [2.75, 3.05) is 20.2 Å². The first-order valence-electron chi connectivity index (χ1n) is 9.59. The van der Waals surface area contributed by atoms with Crippen molar-refractivity contribution in [2.24, 2.45) is 0 Å². The first kappa shape index (κ1) is 25.0. The number of carbonyl (C=O) groups is 1. The summed E-state index contributed by atoms with van der Waals surface area (Å²) in [6.07, 6.45) is 6.20. The molecule has 154 valence electrons. The van der Waals surface area contributed by atoms with Gasteiger partial charge >= 0.3 is 0 Å². The minimum atomic E-state index is -1.69. The zero-order valence-electron chi connectivity index (χ0n) is 16.1. The van der Waals surface area contributed by atoms with Crippen LogP contribution < -0.4 is 0 Å². The number of nitrogens with zero attached hydrogens (tertiary/aromatic N) is 1. The van der Waals surface area contributed by atoms with Gasteiger partial charge in [0.15, 0.2) is 0 Å². The molecule has 0 spiro atoms. The van der Waals surface area contributed by atoms with Crippen LogP contribution >= 0.6 is 0 Å². The first-order chi connectivity index (χ1) is 12.3. The minimum absolute atomic E-state index is 0.197. The minimum Gasteiger partial charge on any atom is -0.394 e. The van der Waals surface area contributed by atoms with Crippen molar-refractivity contribution in [2.45, 2.75) is 82.7 Å². The SMILES string of the molecule is CCCCCCCCCC=CC(=O)N(C)C[C@H](O)[C@@H](O)[C@H](O)[C@H](O)CO. The number of amides is 1. The fraction of sp³-hybridized carbons (Fsp3) is 0.842. The van der Waals surface area contributed by atoms with Gasteiger partial charge in [-0.2, -0.15) is 0 Å². The largest absolute Gasteiger partial charge is 0.394 e. The number of likely N-dealkylation sites (N-methyl/N-ethyl adjacent to an activating group) is 1. The van der Waals surface area contributed by atoms with Crippen LogP contribution in [0.4, 0.5) is 0 Å². The molecule has 0 saturated carbocycles. The van der Waals surface area contributed by atoms with Gasteiger partial charge in [-0.05, 0) is 18.9 Å². The summed E-state index contributed by atoms with van der Waals surface area (Å²) in [6.45, 7) is 1.26. The second-order valence-corrected chi connectivity index (χ2v) is 6.83. The third-order valence-corrected chi connectivity index (χ3v) is 4.40. The van der Waals surface area contributed by atoms with Crippen molar-refractivity contribution >= 4 is 5.91 Å². The predicted octanol–water partition coefficient (Wildman–Crippen LogP) is 0.578. The van der Waals surface area contributed by atoms with Crippen molar-refractivity contribution < 1.29 is 30.3 Å². The fourth-order valence-corrected chi connectivity index (χ4v) is 2.57. The Labute approximate surface area is 157 Å². The maximum absolute atomic E-state index is 12.0. The van der Waals surface area contributed by atoms with Crippen LogP contribution in [0.1, 0.15) is 58.3 Å². The van der Waals surface area contributed by atoms with Gasteiger partial charge in [-0.25, -0.2) is 0 Å². The second-order valence-electron chi connectivity index (χ2n) is 6.83. The van der Waals surface area contributed by atoms with Gasteiger partial charge in [-0.3, -0.25) is 4.79 Å². The Hall–Kier alpha value is -0.990. The van der Waals surface area contributed by atoms with E-state index in [2.05, 4.69) is 6.92 Å². The zero-order chi connectivity index (χ0) is 19.9. The van der Waals surface area contributed by atoms with E-state index in [9.17, 15) is 25.2 Å². The number of carbonyl (C=O) groups excluding carboxylic acids is 1. The third kappa shape index (κ3) is 10.9. The monoisotopic (exact) mass is 375 g/mol. The maximum atomic E-state index is 12.0. The molecule has 0 heterocycles. The van der Waals surface area contributed by atoms with E-state index in [1.165, 1.54) is 50.1 Å². The highest BCUT2D eigenvalue weighted by molar-refractivity contribution is 5.87. The summed E-state index contributed by atoms with van der Waals surface area (Å²) in [5.41, 5.74) is 0. The normalized spacial score (nSPS) is 16.4. The van der Waals surface area contributed by atoms with E-state index < -0.39 is 31.0 Å². The molecule has 0 unspecified atom stereocenters. The van der Waals surface area contributed by atoms with E-state index in [0.717, 1.165) is 19.3 Å². The number of aliphatic hydroxyl groups excluding tert-OH is 5. The third-order valence-electron chi connectivity index (χ3n) is 4.40. The molecule has 26 heavy (non-hydrogen) atoms. The molecule has 0 aliphatic heterocycles. The molecule has 0 aliphatic rings. The predicted molar refractivity (Wildman–Crippen MR) is 101 cm³/mol. The van der Waals surface area contributed by atoms with Crippen molar-refractivity contribution in [3.63, 3.8) is 0 Å². The van der Waals surface area contributed by atoms with E-state index in [-0.39, 0.29) is 12.5 Å². The van der Waals surface area contributed by atoms with E-state index in [0.29, 0.717) is 0 Å². The van der Waals surface area contributed by atoms with Crippen LogP contribution in [0.15, 0.2) is 12.2 Å². The topological polar surface area (TPSA) is 121 Å². The average Bonchev–Trinajstić information content (AvgIpc) is 2.64. The zero-order valence-corrected chi connectivity index (χ0v) is 16.1. The van der Waals surface area contributed by atoms with Gasteiger partial charge in [0.2, 0.25) is 5.91 Å². The summed E-state index contributed by atoms with van der Waals surface area (Å²) in [7, 11) is 1.48. The summed E-state index contributed by atoms with van der Waals surface area (Å²) in [6, 6.07) is 0. The molecule has 0 aromatic rings. The van der Waals surface area contributed by atoms with Crippen molar-refractivity contribution in [3.05, 3.63) is 12.2 Å². The average molecular weight is 376 g/mol. The Morgan fingerprint density at radius 1 is 0.923 bits per heavy atom. The van der Waals surface area contributed by atoms with Crippen LogP contribution in [0.5, 0.6) is 0 Å². The molecule has 1 amide bonds. The summed E-state index contributed by atoms with van der Waals surface area (Å²) in [5, 5.41) is 47.2. The molecule has 7 nitrogen and oxygen atoms in total. The van der Waals surface area contributed by atoms with Gasteiger partial charge in [0, 0.05) is 13.6 Å². The smallest absolute Gasteiger partial charge is 0.246 e. The number of rotatable bonds is 15. The van der Waals surface area contributed by atoms with Gasteiger partial charge in [0.1, 0.15) is 24.4 Å². The molecule has 0 saturated heterocycles. The van der Waals surface area contributed by atoms with Crippen LogP contribution in [0.2, 0.25) is 0 Å². The quantitative estimate of drug-likeness (QED) is 0.211. The number of unbranched alkanes of at least 4 members (excludes halogenated alkanes) is 7. The molecule has 0 aliphatic carbocycles. The van der Waals surface area contributed by atoms with Gasteiger partial charge in [0.25, 0.3) is 0 Å². The van der Waals surface area contributed by atoms with E-state index in [1.54, 1.807) is 6.08 Å². The Morgan fingerprint density at radius 3 is 2.04 bits per heavy atom. The summed E-state index contributed by atoms with van der Waals surface area (Å²) in [4.78, 5) is 13.2. The van der Waals surface area contributed by atoms with Crippen LogP contribution in [-0.2, 0) is 4.79 Å². The van der Waals surface area contributed by atoms with Crippen molar-refractivity contribution in [1.29, 1.82) is 0 Å². The summed E-state index contributed by atoms with van der Waals surface area (Å²) >= 11 is 0. The Balaban J connectivity index is 4.03. The number of hydrogen-bond donors (Lipinski definition) is 5. The fourth-order valence-electron chi connectivity index (χ4n) is 2.57. The van der Waals surface area contributed by atoms with Crippen LogP contribution in [0.25, 0.3) is 0 Å². The standard InChI is InChI=1S/C19H37NO6/c1-3-4-5-6-7-8-9-10-11-12-17(24)20(2)13-15(22)18(25)19(26)16(23)14-21/h11-12,15-16,18-19,21-23,25-26H,3-10,13-14H2,1-2H3/t15-,16+,18+,19+/m0/s1. The van der Waals surface area contributed by atoms with Crippen LogP contribution in [-0.4, -0.2) is 81.0 Å². The lowest BCUT2D eigenvalue weighted by Gasteiger charge is -2.28. The van der Waals surface area contributed by atoms with E-state index in [1.807, 2.05) is 0 Å². The summed E-state index contributed by atoms with van der Waals surface area (Å²) < 4.78 is 0. The van der Waals surface area contributed by atoms with Crippen LogP contribution in [0, 0.1) is 0 Å². The molecule has 7 heteroatoms. The van der Waals surface area contributed by atoms with Gasteiger partial charge in [0.05, 0.1) is 6.61 Å². The highest BCUT2D eigenvalue weighted by Crippen LogP contribution is 2.09. The second kappa shape index (κ2) is 15.1. The molecular weight excluding hydrogens is 338 g/mol. The lowest BCUT2D eigenvalue weighted by Crippen LogP contribution is -2.49. The molecule has 0 bridgehead atoms. The van der Waals surface area contributed by atoms with E-state index >= 15 is 0 Å². The van der Waals surface area contributed by atoms with Gasteiger partial charge in [-0.1, -0.05) is 51.5 Å². The number of aliphatic hydroxyl groups is 5. The summed E-state index contributed by atoms with van der Waals surface area (Å²) in [5.74, 6) is -0.309. The Morgan fingerprint density at radius 2 is 1.46 bits per heavy atom. The maximum Gasteiger partial charge on any atom is 0.246 e. The highest BCUT2D eigenvalue weighted by Gasteiger charge is 2.31. The molecule has 0 aromatic heterocycles.